The second-order valence-corrected chi connectivity index (χ2v) is 3.07. The van der Waals surface area contributed by atoms with E-state index in [2.05, 4.69) is 0 Å². The van der Waals surface area contributed by atoms with Crippen LogP contribution in [0.15, 0.2) is 0 Å². The van der Waals surface area contributed by atoms with Crippen LogP contribution in [-0.2, 0) is 0 Å². The zero-order valence-electron chi connectivity index (χ0n) is 7.89. The number of alkyl halides is 8. The van der Waals surface area contributed by atoms with Crippen LogP contribution in [0, 0.1) is 0 Å². The third kappa shape index (κ3) is 1.96. The maximum absolute atomic E-state index is 12.6. The van der Waals surface area contributed by atoms with Crippen molar-refractivity contribution in [2.24, 2.45) is 0 Å². The van der Waals surface area contributed by atoms with Crippen molar-refractivity contribution in [2.45, 2.75) is 37.0 Å². The van der Waals surface area contributed by atoms with Gasteiger partial charge in [0.25, 0.3) is 0 Å². The summed E-state index contributed by atoms with van der Waals surface area (Å²) in [5.74, 6) is -23.5. The number of hydrogen-bond donors (Lipinski definition) is 1. The summed E-state index contributed by atoms with van der Waals surface area (Å²) in [7, 11) is 0. The Hall–Kier alpha value is -0.600. The van der Waals surface area contributed by atoms with Gasteiger partial charge in [-0.1, -0.05) is 6.92 Å². The molecule has 0 aliphatic rings. The second kappa shape index (κ2) is 4.01. The van der Waals surface area contributed by atoms with Crippen LogP contribution in [0.25, 0.3) is 0 Å². The molecule has 0 aliphatic carbocycles. The predicted octanol–water partition coefficient (Wildman–Crippen LogP) is 2.93. The van der Waals surface area contributed by atoms with E-state index in [1.807, 2.05) is 0 Å². The molecule has 0 fully saturated rings. The Labute approximate surface area is 85.0 Å². The molecule has 0 spiro atoms. The molecule has 0 heterocycles. The van der Waals surface area contributed by atoms with E-state index in [0.29, 0.717) is 6.92 Å². The van der Waals surface area contributed by atoms with Crippen LogP contribution < -0.4 is 0 Å². The van der Waals surface area contributed by atoms with E-state index < -0.39 is 36.7 Å². The van der Waals surface area contributed by atoms with Crippen LogP contribution in [0.2, 0.25) is 0 Å². The van der Waals surface area contributed by atoms with Crippen molar-refractivity contribution in [1.82, 2.24) is 0 Å². The van der Waals surface area contributed by atoms with Crippen LogP contribution in [0.5, 0.6) is 0 Å². The van der Waals surface area contributed by atoms with Crippen molar-refractivity contribution in [3.63, 3.8) is 0 Å². The lowest BCUT2D eigenvalue weighted by atomic mass is 9.97. The van der Waals surface area contributed by atoms with Crippen molar-refractivity contribution in [3.8, 4) is 0 Å². The van der Waals surface area contributed by atoms with Crippen molar-refractivity contribution in [1.29, 1.82) is 0 Å². The lowest BCUT2D eigenvalue weighted by Crippen LogP contribution is -2.63. The minimum absolute atomic E-state index is 0.446. The Morgan fingerprint density at radius 3 is 1.31 bits per heavy atom. The summed E-state index contributed by atoms with van der Waals surface area (Å²) in [6.07, 6.45) is -1.74. The van der Waals surface area contributed by atoms with Gasteiger partial charge in [-0.05, 0) is 0 Å². The van der Waals surface area contributed by atoms with E-state index >= 15 is 0 Å². The summed E-state index contributed by atoms with van der Waals surface area (Å²) < 4.78 is 99.6. The Kier molecular flexibility index (Phi) is 3.86. The van der Waals surface area contributed by atoms with Crippen molar-refractivity contribution >= 4 is 0 Å². The zero-order valence-corrected chi connectivity index (χ0v) is 7.89. The molecular weight excluding hydrogens is 252 g/mol. The molecule has 0 aromatic heterocycles. The van der Waals surface area contributed by atoms with Gasteiger partial charge in [0.1, 0.15) is 6.61 Å². The Morgan fingerprint density at radius 2 is 1.06 bits per heavy atom. The summed E-state index contributed by atoms with van der Waals surface area (Å²) in [5.41, 5.74) is 0. The molecule has 0 saturated heterocycles. The number of halogens is 8. The minimum atomic E-state index is -6.34. The molecule has 0 saturated carbocycles. The third-order valence-corrected chi connectivity index (χ3v) is 1.96. The Bertz CT molecular complexity index is 223. The van der Waals surface area contributed by atoms with Crippen LogP contribution >= 0.6 is 0 Å². The largest absolute Gasteiger partial charge is 0.390 e. The number of aliphatic hydroxyl groups is 1. The summed E-state index contributed by atoms with van der Waals surface area (Å²) in [6, 6.07) is 0. The van der Waals surface area contributed by atoms with Gasteiger partial charge < -0.3 is 5.11 Å². The second-order valence-electron chi connectivity index (χ2n) is 3.07. The Balaban J connectivity index is 5.46. The molecule has 0 radical (unpaired) electrons. The summed E-state index contributed by atoms with van der Waals surface area (Å²) in [5, 5.41) is 7.82. The fourth-order valence-electron chi connectivity index (χ4n) is 0.781. The quantitative estimate of drug-likeness (QED) is 0.753. The van der Waals surface area contributed by atoms with Gasteiger partial charge in [0, 0.05) is 6.42 Å². The zero-order chi connectivity index (χ0) is 13.4. The molecule has 16 heavy (non-hydrogen) atoms. The van der Waals surface area contributed by atoms with Crippen LogP contribution in [-0.4, -0.2) is 35.4 Å². The van der Waals surface area contributed by atoms with Gasteiger partial charge in [0.15, 0.2) is 0 Å². The molecule has 0 aliphatic heterocycles. The lowest BCUT2D eigenvalue weighted by molar-refractivity contribution is -0.370. The molecule has 0 amide bonds. The van der Waals surface area contributed by atoms with E-state index in [1.54, 1.807) is 0 Å². The topological polar surface area (TPSA) is 20.2 Å². The fourth-order valence-corrected chi connectivity index (χ4v) is 0.781. The van der Waals surface area contributed by atoms with E-state index in [9.17, 15) is 35.1 Å². The number of rotatable bonds is 5. The number of hydrogen-bond acceptors (Lipinski definition) is 1. The first-order chi connectivity index (χ1) is 6.87. The molecule has 9 heteroatoms. The van der Waals surface area contributed by atoms with Gasteiger partial charge in [-0.2, -0.15) is 35.1 Å². The third-order valence-electron chi connectivity index (χ3n) is 1.96. The highest BCUT2D eigenvalue weighted by molar-refractivity contribution is 5.02. The number of aliphatic hydroxyl groups excluding tert-OH is 1. The van der Waals surface area contributed by atoms with Gasteiger partial charge in [-0.15, -0.1) is 0 Å². The predicted molar refractivity (Wildman–Crippen MR) is 37.2 cm³/mol. The van der Waals surface area contributed by atoms with E-state index in [1.165, 1.54) is 0 Å². The highest BCUT2D eigenvalue weighted by Gasteiger charge is 2.79. The van der Waals surface area contributed by atoms with Crippen molar-refractivity contribution in [3.05, 3.63) is 0 Å². The summed E-state index contributed by atoms with van der Waals surface area (Å²) >= 11 is 0. The minimum Gasteiger partial charge on any atom is -0.390 e. The molecule has 0 aromatic rings. The van der Waals surface area contributed by atoms with E-state index in [0.717, 1.165) is 0 Å². The van der Waals surface area contributed by atoms with Gasteiger partial charge >= 0.3 is 23.7 Å². The molecule has 98 valence electrons. The molecule has 1 nitrogen and oxygen atoms in total. The first-order valence-electron chi connectivity index (χ1n) is 3.99. The van der Waals surface area contributed by atoms with E-state index in [4.69, 9.17) is 5.11 Å². The molecule has 0 atom stereocenters. The molecule has 0 bridgehead atoms. The average Bonchev–Trinajstić information content (AvgIpc) is 2.16. The summed E-state index contributed by atoms with van der Waals surface area (Å²) in [6.45, 7) is -2.21. The van der Waals surface area contributed by atoms with Crippen molar-refractivity contribution in [2.75, 3.05) is 6.61 Å². The molecule has 1 N–H and O–H groups in total. The highest BCUT2D eigenvalue weighted by Crippen LogP contribution is 2.53. The van der Waals surface area contributed by atoms with Crippen LogP contribution in [0.4, 0.5) is 35.1 Å². The first kappa shape index (κ1) is 15.4. The van der Waals surface area contributed by atoms with Gasteiger partial charge in [0.2, 0.25) is 0 Å². The maximum Gasteiger partial charge on any atom is 0.380 e. The van der Waals surface area contributed by atoms with Crippen molar-refractivity contribution < 1.29 is 40.2 Å². The standard InChI is InChI=1S/C7H8F8O/c1-2-4(8,9)6(12,13)7(14,15)5(10,11)3-16/h16H,2-3H2,1H3. The molecule has 0 unspecified atom stereocenters. The maximum atomic E-state index is 12.6. The van der Waals surface area contributed by atoms with Gasteiger partial charge in [0.05, 0.1) is 0 Å². The molecular formula is C7H8F8O. The normalized spacial score (nSPS) is 15.4. The Morgan fingerprint density at radius 1 is 0.750 bits per heavy atom. The van der Waals surface area contributed by atoms with Gasteiger partial charge in [-0.25, -0.2) is 0 Å². The smallest absolute Gasteiger partial charge is 0.380 e. The van der Waals surface area contributed by atoms with E-state index in [-0.39, 0.29) is 0 Å². The first-order valence-corrected chi connectivity index (χ1v) is 3.99. The molecule has 0 aromatic carbocycles. The fraction of sp³-hybridized carbons (Fsp3) is 1.00. The van der Waals surface area contributed by atoms with Crippen LogP contribution in [0.1, 0.15) is 13.3 Å². The lowest BCUT2D eigenvalue weighted by Gasteiger charge is -2.35. The molecule has 0 rings (SSSR count). The van der Waals surface area contributed by atoms with Gasteiger partial charge in [-0.3, -0.25) is 0 Å². The SMILES string of the molecule is CCC(F)(F)C(F)(F)C(F)(F)C(F)(F)CO. The monoisotopic (exact) mass is 260 g/mol. The average molecular weight is 260 g/mol. The summed E-state index contributed by atoms with van der Waals surface area (Å²) in [4.78, 5) is 0. The highest BCUT2D eigenvalue weighted by atomic mass is 19.4. The van der Waals surface area contributed by atoms with Crippen LogP contribution in [0.3, 0.4) is 0 Å².